The van der Waals surface area contributed by atoms with Gasteiger partial charge in [-0.2, -0.15) is 9.97 Å². The van der Waals surface area contributed by atoms with Crippen molar-refractivity contribution in [2.45, 2.75) is 25.8 Å². The van der Waals surface area contributed by atoms with Crippen molar-refractivity contribution < 1.29 is 18.3 Å². The van der Waals surface area contributed by atoms with Gasteiger partial charge in [0.2, 0.25) is 5.95 Å². The van der Waals surface area contributed by atoms with E-state index in [0.29, 0.717) is 80.0 Å². The number of imidazole rings is 1. The van der Waals surface area contributed by atoms with Crippen molar-refractivity contribution in [1.29, 1.82) is 0 Å². The van der Waals surface area contributed by atoms with Gasteiger partial charge in [0.15, 0.2) is 5.82 Å². The Morgan fingerprint density at radius 3 is 2.51 bits per heavy atom. The Kier molecular flexibility index (Phi) is 6.82. The lowest BCUT2D eigenvalue weighted by Crippen LogP contribution is -2.37. The predicted molar refractivity (Wildman–Crippen MR) is 144 cm³/mol. The van der Waals surface area contributed by atoms with E-state index >= 15 is 0 Å². The maximum atomic E-state index is 14.1. The fourth-order valence-corrected chi connectivity index (χ4v) is 5.11. The molecule has 0 unspecified atom stereocenters. The van der Waals surface area contributed by atoms with Crippen LogP contribution in [0.4, 0.5) is 20.5 Å². The molecule has 1 atom stereocenters. The number of carbonyl (C=O) groups excluding carboxylic acids is 1. The van der Waals surface area contributed by atoms with Crippen LogP contribution in [0.25, 0.3) is 16.9 Å². The zero-order chi connectivity index (χ0) is 26.9. The summed E-state index contributed by atoms with van der Waals surface area (Å²) in [7, 11) is 0. The average molecular weight is 534 g/mol. The minimum Gasteiger partial charge on any atom is -0.378 e. The van der Waals surface area contributed by atoms with E-state index in [2.05, 4.69) is 20.2 Å². The largest absolute Gasteiger partial charge is 0.378 e. The Bertz CT molecular complexity index is 1490. The molecular weight excluding hydrogens is 504 g/mol. The van der Waals surface area contributed by atoms with Crippen LogP contribution in [0.3, 0.4) is 0 Å². The number of rotatable bonds is 6. The number of benzene rings is 2. The van der Waals surface area contributed by atoms with Gasteiger partial charge in [0.05, 0.1) is 24.2 Å². The first-order valence-corrected chi connectivity index (χ1v) is 13.1. The number of carbonyl (C=O) groups is 1. The highest BCUT2D eigenvalue weighted by atomic mass is 19.3. The van der Waals surface area contributed by atoms with E-state index in [9.17, 15) is 13.6 Å². The van der Waals surface area contributed by atoms with Crippen LogP contribution >= 0.6 is 0 Å². The molecule has 1 amide bonds. The van der Waals surface area contributed by atoms with Crippen molar-refractivity contribution in [3.63, 3.8) is 0 Å². The van der Waals surface area contributed by atoms with E-state index in [0.717, 1.165) is 5.56 Å². The van der Waals surface area contributed by atoms with Crippen molar-refractivity contribution in [2.75, 3.05) is 49.6 Å². The minimum atomic E-state index is -2.79. The second kappa shape index (κ2) is 10.6. The Labute approximate surface area is 224 Å². The van der Waals surface area contributed by atoms with Crippen molar-refractivity contribution in [3.05, 3.63) is 71.5 Å². The average Bonchev–Trinajstić information content (AvgIpc) is 3.58. The van der Waals surface area contributed by atoms with E-state index in [-0.39, 0.29) is 17.8 Å². The molecule has 4 heterocycles. The summed E-state index contributed by atoms with van der Waals surface area (Å²) in [6.45, 7) is 5.44. The lowest BCUT2D eigenvalue weighted by Gasteiger charge is -2.28. The first-order valence-electron chi connectivity index (χ1n) is 13.1. The number of morpholine rings is 1. The Morgan fingerprint density at radius 2 is 1.74 bits per heavy atom. The maximum absolute atomic E-state index is 14.1. The highest BCUT2D eigenvalue weighted by molar-refractivity contribution is 5.94. The number of ether oxygens (including phenoxy) is 1. The van der Waals surface area contributed by atoms with Gasteiger partial charge in [-0.25, -0.2) is 13.8 Å². The molecule has 0 spiro atoms. The molecule has 2 saturated heterocycles. The maximum Gasteiger partial charge on any atom is 0.296 e. The number of para-hydroxylation sites is 2. The standard InChI is InChI=1S/C28H29F2N7O2/c1-18-6-8-19(9-7-18)27(38)36-11-10-20(17-36)31-28-33-23(35-12-14-39-15-13-35)16-24(34-28)37-22-5-3-2-4-21(22)32-26(37)25(29)30/h2-9,16,20,25H,10-15,17H2,1H3,(H,31,33,34)/t20-/m0/s1. The summed E-state index contributed by atoms with van der Waals surface area (Å²) >= 11 is 0. The highest BCUT2D eigenvalue weighted by Gasteiger charge is 2.29. The summed E-state index contributed by atoms with van der Waals surface area (Å²) in [5.74, 6) is 0.860. The van der Waals surface area contributed by atoms with Gasteiger partial charge in [-0.1, -0.05) is 29.8 Å². The topological polar surface area (TPSA) is 88.4 Å². The molecule has 2 aliphatic rings. The molecule has 9 nitrogen and oxygen atoms in total. The van der Waals surface area contributed by atoms with E-state index in [4.69, 9.17) is 9.72 Å². The van der Waals surface area contributed by atoms with Gasteiger partial charge in [-0.3, -0.25) is 9.36 Å². The highest BCUT2D eigenvalue weighted by Crippen LogP contribution is 2.29. The third-order valence-electron chi connectivity index (χ3n) is 7.15. The molecule has 2 aromatic heterocycles. The molecule has 202 valence electrons. The normalized spacial score (nSPS) is 17.8. The SMILES string of the molecule is Cc1ccc(C(=O)N2CC[C@H](Nc3nc(N4CCOCC4)cc(-n4c(C(F)F)nc5ccccc54)n3)C2)cc1. The smallest absolute Gasteiger partial charge is 0.296 e. The quantitative estimate of drug-likeness (QED) is 0.397. The molecular formula is C28H29F2N7O2. The number of aromatic nitrogens is 4. The zero-order valence-corrected chi connectivity index (χ0v) is 21.6. The molecule has 2 aromatic carbocycles. The summed E-state index contributed by atoms with van der Waals surface area (Å²) in [6, 6.07) is 16.2. The second-order valence-corrected chi connectivity index (χ2v) is 9.85. The number of amides is 1. The zero-order valence-electron chi connectivity index (χ0n) is 21.6. The van der Waals surface area contributed by atoms with Gasteiger partial charge < -0.3 is 19.9 Å². The fraction of sp³-hybridized carbons (Fsp3) is 0.357. The van der Waals surface area contributed by atoms with E-state index in [1.807, 2.05) is 36.1 Å². The van der Waals surface area contributed by atoms with Crippen molar-refractivity contribution in [1.82, 2.24) is 24.4 Å². The lowest BCUT2D eigenvalue weighted by atomic mass is 10.1. The molecule has 0 radical (unpaired) electrons. The predicted octanol–water partition coefficient (Wildman–Crippen LogP) is 4.22. The molecule has 0 aliphatic carbocycles. The summed E-state index contributed by atoms with van der Waals surface area (Å²) < 4.78 is 35.1. The van der Waals surface area contributed by atoms with E-state index < -0.39 is 6.43 Å². The Balaban J connectivity index is 1.32. The first kappa shape index (κ1) is 25.2. The van der Waals surface area contributed by atoms with Crippen LogP contribution in [0.15, 0.2) is 54.6 Å². The van der Waals surface area contributed by atoms with Gasteiger partial charge in [-0.05, 0) is 37.6 Å². The third kappa shape index (κ3) is 5.14. The van der Waals surface area contributed by atoms with Crippen LogP contribution in [-0.2, 0) is 4.74 Å². The number of hydrogen-bond donors (Lipinski definition) is 1. The van der Waals surface area contributed by atoms with Gasteiger partial charge in [-0.15, -0.1) is 0 Å². The van der Waals surface area contributed by atoms with Gasteiger partial charge in [0.25, 0.3) is 12.3 Å². The van der Waals surface area contributed by atoms with Gasteiger partial charge in [0, 0.05) is 43.9 Å². The number of hydrogen-bond acceptors (Lipinski definition) is 7. The monoisotopic (exact) mass is 533 g/mol. The Hall–Kier alpha value is -4.12. The molecule has 4 aromatic rings. The Morgan fingerprint density at radius 1 is 1.00 bits per heavy atom. The lowest BCUT2D eigenvalue weighted by molar-refractivity contribution is 0.0791. The molecule has 6 rings (SSSR count). The number of nitrogens with zero attached hydrogens (tertiary/aromatic N) is 6. The molecule has 2 aliphatic heterocycles. The summed E-state index contributed by atoms with van der Waals surface area (Å²) in [5, 5.41) is 3.37. The summed E-state index contributed by atoms with van der Waals surface area (Å²) in [6.07, 6.45) is -2.07. The number of fused-ring (bicyclic) bond motifs is 1. The van der Waals surface area contributed by atoms with Crippen LogP contribution in [0.5, 0.6) is 0 Å². The van der Waals surface area contributed by atoms with Gasteiger partial charge >= 0.3 is 0 Å². The molecule has 0 saturated carbocycles. The number of anilines is 2. The second-order valence-electron chi connectivity index (χ2n) is 9.85. The number of likely N-dealkylation sites (tertiary alicyclic amines) is 1. The minimum absolute atomic E-state index is 0.0190. The number of aryl methyl sites for hydroxylation is 1. The van der Waals surface area contributed by atoms with Crippen LogP contribution in [0, 0.1) is 6.92 Å². The van der Waals surface area contributed by atoms with Crippen LogP contribution in [0.1, 0.15) is 34.6 Å². The van der Waals surface area contributed by atoms with Crippen molar-refractivity contribution in [2.24, 2.45) is 0 Å². The fourth-order valence-electron chi connectivity index (χ4n) is 5.11. The third-order valence-corrected chi connectivity index (χ3v) is 7.15. The van der Waals surface area contributed by atoms with E-state index in [1.54, 1.807) is 30.3 Å². The first-order chi connectivity index (χ1) is 19.0. The number of nitrogens with one attached hydrogen (secondary N) is 1. The molecule has 0 bridgehead atoms. The van der Waals surface area contributed by atoms with Crippen LogP contribution in [0.2, 0.25) is 0 Å². The molecule has 2 fully saturated rings. The van der Waals surface area contributed by atoms with Crippen LogP contribution < -0.4 is 10.2 Å². The number of halogens is 2. The van der Waals surface area contributed by atoms with Gasteiger partial charge in [0.1, 0.15) is 11.6 Å². The molecule has 1 N–H and O–H groups in total. The van der Waals surface area contributed by atoms with Crippen molar-refractivity contribution >= 4 is 28.7 Å². The van der Waals surface area contributed by atoms with E-state index in [1.165, 1.54) is 4.57 Å². The van der Waals surface area contributed by atoms with Crippen molar-refractivity contribution in [3.8, 4) is 5.82 Å². The summed E-state index contributed by atoms with van der Waals surface area (Å²) in [5.41, 5.74) is 2.76. The van der Waals surface area contributed by atoms with Crippen LogP contribution in [-0.4, -0.2) is 75.8 Å². The molecule has 39 heavy (non-hydrogen) atoms. The molecule has 11 heteroatoms. The summed E-state index contributed by atoms with van der Waals surface area (Å²) in [4.78, 5) is 30.5. The number of alkyl halides is 2.